The summed E-state index contributed by atoms with van der Waals surface area (Å²) in [5.74, 6) is 0.338. The second kappa shape index (κ2) is 8.72. The standard InChI is InChI=1S/C23H20N4O4S/c1-4-31-23(30)26-22-24-13(2)19(32-22)20-25-18-8-6-5-7-17(18)21(29)27(20)16-11-9-15(10-12-16)14(3)28/h5-12H,4H2,1-3H3,(H,24,26,30). The van der Waals surface area contributed by atoms with Crippen molar-refractivity contribution in [2.45, 2.75) is 20.8 Å². The molecule has 0 unspecified atom stereocenters. The van der Waals surface area contributed by atoms with E-state index >= 15 is 0 Å². The molecule has 2 aromatic carbocycles. The fraction of sp³-hybridized carbons (Fsp3) is 0.174. The molecule has 9 heteroatoms. The second-order valence-corrected chi connectivity index (χ2v) is 7.97. The molecule has 8 nitrogen and oxygen atoms in total. The molecule has 0 saturated heterocycles. The number of anilines is 1. The van der Waals surface area contributed by atoms with E-state index in [-0.39, 0.29) is 17.9 Å². The number of hydrogen-bond acceptors (Lipinski definition) is 7. The highest BCUT2D eigenvalue weighted by Gasteiger charge is 2.20. The highest BCUT2D eigenvalue weighted by Crippen LogP contribution is 2.33. The molecule has 32 heavy (non-hydrogen) atoms. The Kier molecular flexibility index (Phi) is 5.83. The first kappa shape index (κ1) is 21.4. The van der Waals surface area contributed by atoms with Crippen molar-refractivity contribution < 1.29 is 14.3 Å². The monoisotopic (exact) mass is 448 g/mol. The number of amides is 1. The average Bonchev–Trinajstić information content (AvgIpc) is 3.13. The highest BCUT2D eigenvalue weighted by molar-refractivity contribution is 7.19. The maximum atomic E-state index is 13.5. The van der Waals surface area contributed by atoms with E-state index in [1.54, 1.807) is 56.3 Å². The third-order valence-corrected chi connectivity index (χ3v) is 5.86. The molecule has 2 heterocycles. The van der Waals surface area contributed by atoms with Gasteiger partial charge < -0.3 is 4.74 Å². The van der Waals surface area contributed by atoms with Crippen molar-refractivity contribution in [3.8, 4) is 16.4 Å². The van der Waals surface area contributed by atoms with E-state index in [0.29, 0.717) is 43.7 Å². The molecule has 0 saturated carbocycles. The van der Waals surface area contributed by atoms with Crippen LogP contribution >= 0.6 is 11.3 Å². The van der Waals surface area contributed by atoms with Crippen LogP contribution in [0.3, 0.4) is 0 Å². The number of nitrogens with one attached hydrogen (secondary N) is 1. The van der Waals surface area contributed by atoms with E-state index in [1.165, 1.54) is 22.8 Å². The number of aryl methyl sites for hydroxylation is 1. The van der Waals surface area contributed by atoms with Gasteiger partial charge in [-0.2, -0.15) is 0 Å². The van der Waals surface area contributed by atoms with Crippen LogP contribution in [0.1, 0.15) is 29.9 Å². The molecule has 0 aliphatic carbocycles. The Labute approximate surface area is 187 Å². The number of aromatic nitrogens is 3. The first-order valence-electron chi connectivity index (χ1n) is 9.93. The van der Waals surface area contributed by atoms with Gasteiger partial charge in [-0.1, -0.05) is 23.5 Å². The van der Waals surface area contributed by atoms with Crippen LogP contribution in [0.4, 0.5) is 9.93 Å². The van der Waals surface area contributed by atoms with E-state index in [9.17, 15) is 14.4 Å². The zero-order valence-corrected chi connectivity index (χ0v) is 18.5. The third-order valence-electron chi connectivity index (χ3n) is 4.79. The van der Waals surface area contributed by atoms with Crippen LogP contribution in [-0.2, 0) is 4.74 Å². The van der Waals surface area contributed by atoms with Crippen molar-refractivity contribution in [2.24, 2.45) is 0 Å². The number of carbonyl (C=O) groups is 2. The van der Waals surface area contributed by atoms with Crippen LogP contribution in [0.15, 0.2) is 53.3 Å². The van der Waals surface area contributed by atoms with Crippen molar-refractivity contribution in [2.75, 3.05) is 11.9 Å². The normalized spacial score (nSPS) is 10.8. The number of benzene rings is 2. The molecule has 0 aliphatic heterocycles. The molecule has 1 amide bonds. The van der Waals surface area contributed by atoms with Crippen molar-refractivity contribution in [1.82, 2.24) is 14.5 Å². The summed E-state index contributed by atoms with van der Waals surface area (Å²) < 4.78 is 6.42. The van der Waals surface area contributed by atoms with Gasteiger partial charge in [-0.3, -0.25) is 19.5 Å². The Morgan fingerprint density at radius 3 is 2.50 bits per heavy atom. The van der Waals surface area contributed by atoms with Crippen LogP contribution in [-0.4, -0.2) is 33.0 Å². The first-order valence-corrected chi connectivity index (χ1v) is 10.8. The van der Waals surface area contributed by atoms with Gasteiger partial charge in [-0.25, -0.2) is 14.8 Å². The number of carbonyl (C=O) groups excluding carboxylic acids is 2. The van der Waals surface area contributed by atoms with Gasteiger partial charge in [0.15, 0.2) is 16.7 Å². The summed E-state index contributed by atoms with van der Waals surface area (Å²) in [6.45, 7) is 5.23. The zero-order chi connectivity index (χ0) is 22.8. The largest absolute Gasteiger partial charge is 0.450 e. The van der Waals surface area contributed by atoms with Crippen LogP contribution in [0.5, 0.6) is 0 Å². The number of fused-ring (bicyclic) bond motifs is 1. The number of thiazole rings is 1. The highest BCUT2D eigenvalue weighted by atomic mass is 32.1. The molecule has 162 valence electrons. The quantitative estimate of drug-likeness (QED) is 0.448. The Morgan fingerprint density at radius 1 is 1.09 bits per heavy atom. The van der Waals surface area contributed by atoms with Crippen molar-refractivity contribution in [1.29, 1.82) is 0 Å². The maximum Gasteiger partial charge on any atom is 0.413 e. The predicted molar refractivity (Wildman–Crippen MR) is 124 cm³/mol. The van der Waals surface area contributed by atoms with Crippen LogP contribution < -0.4 is 10.9 Å². The van der Waals surface area contributed by atoms with Crippen LogP contribution in [0.25, 0.3) is 27.3 Å². The lowest BCUT2D eigenvalue weighted by molar-refractivity contribution is 0.101. The van der Waals surface area contributed by atoms with Crippen molar-refractivity contribution in [3.63, 3.8) is 0 Å². The Bertz CT molecular complexity index is 1390. The Balaban J connectivity index is 1.92. The summed E-state index contributed by atoms with van der Waals surface area (Å²) in [5, 5.41) is 3.41. The van der Waals surface area contributed by atoms with Gasteiger partial charge in [0.05, 0.1) is 33.8 Å². The van der Waals surface area contributed by atoms with Crippen LogP contribution in [0.2, 0.25) is 0 Å². The van der Waals surface area contributed by atoms with Gasteiger partial charge in [0, 0.05) is 5.56 Å². The number of rotatable bonds is 5. The number of ketones is 1. The lowest BCUT2D eigenvalue weighted by Crippen LogP contribution is -2.22. The number of Topliss-reactive ketones (excluding diaryl/α,β-unsaturated/α-hetero) is 1. The van der Waals surface area contributed by atoms with E-state index in [2.05, 4.69) is 10.3 Å². The summed E-state index contributed by atoms with van der Waals surface area (Å²) in [6.07, 6.45) is -0.600. The molecular weight excluding hydrogens is 428 g/mol. The predicted octanol–water partition coefficient (Wildman–Crippen LogP) is 4.59. The van der Waals surface area contributed by atoms with Gasteiger partial charge >= 0.3 is 6.09 Å². The lowest BCUT2D eigenvalue weighted by atomic mass is 10.1. The minimum atomic E-state index is -0.600. The lowest BCUT2D eigenvalue weighted by Gasteiger charge is -2.13. The average molecular weight is 449 g/mol. The number of hydrogen-bond donors (Lipinski definition) is 1. The number of ether oxygens (including phenoxy) is 1. The topological polar surface area (TPSA) is 103 Å². The Hall–Kier alpha value is -3.85. The molecule has 0 atom stereocenters. The summed E-state index contributed by atoms with van der Waals surface area (Å²) in [4.78, 5) is 46.7. The second-order valence-electron chi connectivity index (χ2n) is 6.98. The summed E-state index contributed by atoms with van der Waals surface area (Å²) in [6, 6.07) is 13.9. The molecule has 4 aromatic rings. The van der Waals surface area contributed by atoms with Gasteiger partial charge in [0.25, 0.3) is 5.56 Å². The number of para-hydroxylation sites is 1. The Morgan fingerprint density at radius 2 is 1.81 bits per heavy atom. The number of nitrogens with zero attached hydrogens (tertiary/aromatic N) is 3. The fourth-order valence-corrected chi connectivity index (χ4v) is 4.21. The molecule has 1 N–H and O–H groups in total. The SMILES string of the molecule is CCOC(=O)Nc1nc(C)c(-c2nc3ccccc3c(=O)n2-c2ccc(C(C)=O)cc2)s1. The summed E-state index contributed by atoms with van der Waals surface area (Å²) in [5.41, 5.74) is 2.04. The van der Waals surface area contributed by atoms with Gasteiger partial charge in [-0.15, -0.1) is 0 Å². The molecule has 2 aromatic heterocycles. The van der Waals surface area contributed by atoms with E-state index < -0.39 is 6.09 Å². The summed E-state index contributed by atoms with van der Waals surface area (Å²) in [7, 11) is 0. The molecule has 0 aliphatic rings. The third kappa shape index (κ3) is 4.02. The fourth-order valence-electron chi connectivity index (χ4n) is 3.28. The molecule has 4 rings (SSSR count). The zero-order valence-electron chi connectivity index (χ0n) is 17.7. The van der Waals surface area contributed by atoms with E-state index in [1.807, 2.05) is 6.07 Å². The molecule has 0 spiro atoms. The smallest absolute Gasteiger partial charge is 0.413 e. The van der Waals surface area contributed by atoms with E-state index in [0.717, 1.165) is 0 Å². The summed E-state index contributed by atoms with van der Waals surface area (Å²) >= 11 is 1.20. The van der Waals surface area contributed by atoms with Gasteiger partial charge in [0.2, 0.25) is 0 Å². The van der Waals surface area contributed by atoms with Crippen molar-refractivity contribution in [3.05, 3.63) is 70.1 Å². The minimum absolute atomic E-state index is 0.0614. The molecular formula is C23H20N4O4S. The first-order chi connectivity index (χ1) is 15.4. The molecule has 0 bridgehead atoms. The van der Waals surface area contributed by atoms with Crippen LogP contribution in [0, 0.1) is 6.92 Å². The maximum absolute atomic E-state index is 13.5. The molecule has 0 radical (unpaired) electrons. The minimum Gasteiger partial charge on any atom is -0.450 e. The van der Waals surface area contributed by atoms with Crippen molar-refractivity contribution >= 4 is 39.2 Å². The van der Waals surface area contributed by atoms with Gasteiger partial charge in [-0.05, 0) is 57.2 Å². The molecule has 0 fully saturated rings. The van der Waals surface area contributed by atoms with Gasteiger partial charge in [0.1, 0.15) is 0 Å². The van der Waals surface area contributed by atoms with E-state index in [4.69, 9.17) is 9.72 Å².